The minimum atomic E-state index is -3.91. The van der Waals surface area contributed by atoms with Crippen LogP contribution in [0.1, 0.15) is 18.1 Å². The van der Waals surface area contributed by atoms with E-state index in [1.807, 2.05) is 30.3 Å². The van der Waals surface area contributed by atoms with Crippen LogP contribution in [0.15, 0.2) is 72.8 Å². The molecule has 0 radical (unpaired) electrons. The third kappa shape index (κ3) is 8.12. The van der Waals surface area contributed by atoms with Crippen LogP contribution in [-0.4, -0.2) is 64.7 Å². The maximum absolute atomic E-state index is 14.0. The molecule has 0 fully saturated rings. The monoisotopic (exact) mass is 587 g/mol. The van der Waals surface area contributed by atoms with Gasteiger partial charge in [-0.25, -0.2) is 8.42 Å². The molecule has 3 rings (SSSR count). The fourth-order valence-corrected chi connectivity index (χ4v) is 5.19. The van der Waals surface area contributed by atoms with Crippen LogP contribution in [0.5, 0.6) is 11.5 Å². The smallest absolute Gasteiger partial charge is 0.244 e. The number of benzene rings is 3. The Hall–Kier alpha value is -3.76. The number of anilines is 1. The Labute approximate surface area is 240 Å². The van der Waals surface area contributed by atoms with E-state index in [4.69, 9.17) is 21.1 Å². The Morgan fingerprint density at radius 2 is 1.57 bits per heavy atom. The van der Waals surface area contributed by atoms with Gasteiger partial charge in [0.25, 0.3) is 0 Å². The first kappa shape index (κ1) is 30.8. The predicted molar refractivity (Wildman–Crippen MR) is 156 cm³/mol. The molecule has 3 aromatic rings. The van der Waals surface area contributed by atoms with Crippen molar-refractivity contribution in [1.29, 1.82) is 0 Å². The zero-order valence-corrected chi connectivity index (χ0v) is 24.5. The van der Waals surface area contributed by atoms with E-state index in [0.717, 1.165) is 21.7 Å². The molecule has 0 unspecified atom stereocenters. The maximum atomic E-state index is 14.0. The van der Waals surface area contributed by atoms with Crippen LogP contribution in [0.3, 0.4) is 0 Å². The molecular formula is C29H34ClN3O6S. The number of carbonyl (C=O) groups excluding carboxylic acids is 2. The Balaban J connectivity index is 2.05. The molecule has 1 atom stereocenters. The second-order valence-corrected chi connectivity index (χ2v) is 11.4. The summed E-state index contributed by atoms with van der Waals surface area (Å²) in [5.41, 5.74) is 1.81. The third-order valence-corrected chi connectivity index (χ3v) is 7.62. The Morgan fingerprint density at radius 1 is 0.925 bits per heavy atom. The number of hydrogen-bond acceptors (Lipinski definition) is 6. The highest BCUT2D eigenvalue weighted by Gasteiger charge is 2.33. The highest BCUT2D eigenvalue weighted by molar-refractivity contribution is 7.92. The molecule has 9 nitrogen and oxygen atoms in total. The van der Waals surface area contributed by atoms with Crippen LogP contribution in [0.25, 0.3) is 0 Å². The zero-order chi connectivity index (χ0) is 29.3. The van der Waals surface area contributed by atoms with Gasteiger partial charge < -0.3 is 19.7 Å². The van der Waals surface area contributed by atoms with E-state index in [2.05, 4.69) is 5.32 Å². The standard InChI is InChI=1S/C29H34ClN3O6S/c1-5-31-29(35)25(17-21-9-7-6-8-10-21)32(19-22-11-13-23(30)14-12-22)28(34)20-33(40(4,36)37)24-15-16-26(38-2)27(18-24)39-3/h6-16,18,25H,5,17,19-20H2,1-4H3,(H,31,35)/t25-/m1/s1. The van der Waals surface area contributed by atoms with Crippen molar-refractivity contribution < 1.29 is 27.5 Å². The highest BCUT2D eigenvalue weighted by atomic mass is 35.5. The highest BCUT2D eigenvalue weighted by Crippen LogP contribution is 2.32. The van der Waals surface area contributed by atoms with Crippen molar-refractivity contribution in [3.05, 3.63) is 88.9 Å². The van der Waals surface area contributed by atoms with E-state index < -0.39 is 28.5 Å². The lowest BCUT2D eigenvalue weighted by Gasteiger charge is -2.33. The van der Waals surface area contributed by atoms with Crippen LogP contribution in [0, 0.1) is 0 Å². The first-order chi connectivity index (χ1) is 19.1. The fraction of sp³-hybridized carbons (Fsp3) is 0.310. The van der Waals surface area contributed by atoms with Gasteiger partial charge in [-0.3, -0.25) is 13.9 Å². The van der Waals surface area contributed by atoms with Gasteiger partial charge in [0.1, 0.15) is 12.6 Å². The first-order valence-electron chi connectivity index (χ1n) is 12.6. The summed E-state index contributed by atoms with van der Waals surface area (Å²) in [6, 6.07) is 20.0. The topological polar surface area (TPSA) is 105 Å². The fourth-order valence-electron chi connectivity index (χ4n) is 4.23. The van der Waals surface area contributed by atoms with E-state index in [0.29, 0.717) is 23.1 Å². The van der Waals surface area contributed by atoms with Gasteiger partial charge in [0, 0.05) is 30.6 Å². The molecule has 0 aliphatic heterocycles. The van der Waals surface area contributed by atoms with Crippen molar-refractivity contribution in [3.63, 3.8) is 0 Å². The molecule has 0 saturated heterocycles. The Kier molecular flexibility index (Phi) is 10.8. The molecule has 214 valence electrons. The number of rotatable bonds is 13. The molecule has 0 aromatic heterocycles. The number of nitrogens with one attached hydrogen (secondary N) is 1. The molecule has 40 heavy (non-hydrogen) atoms. The molecule has 0 spiro atoms. The van der Waals surface area contributed by atoms with Gasteiger partial charge in [-0.15, -0.1) is 0 Å². The number of likely N-dealkylation sites (N-methyl/N-ethyl adjacent to an activating group) is 1. The van der Waals surface area contributed by atoms with Gasteiger partial charge in [0.05, 0.1) is 26.2 Å². The summed E-state index contributed by atoms with van der Waals surface area (Å²) < 4.78 is 37.4. The van der Waals surface area contributed by atoms with E-state index in [9.17, 15) is 18.0 Å². The molecule has 0 heterocycles. The second-order valence-electron chi connectivity index (χ2n) is 9.06. The number of halogens is 1. The van der Waals surface area contributed by atoms with Crippen LogP contribution in [-0.2, 0) is 32.6 Å². The average molecular weight is 588 g/mol. The van der Waals surface area contributed by atoms with Gasteiger partial charge in [-0.1, -0.05) is 54.1 Å². The SMILES string of the molecule is CCNC(=O)[C@@H](Cc1ccccc1)N(Cc1ccc(Cl)cc1)C(=O)CN(c1ccc(OC)c(OC)c1)S(C)(=O)=O. The molecule has 2 amide bonds. The van der Waals surface area contributed by atoms with Crippen molar-refractivity contribution in [1.82, 2.24) is 10.2 Å². The number of sulfonamides is 1. The summed E-state index contributed by atoms with van der Waals surface area (Å²) in [5, 5.41) is 3.35. The summed E-state index contributed by atoms with van der Waals surface area (Å²) in [6.45, 7) is 1.69. The van der Waals surface area contributed by atoms with E-state index in [1.54, 1.807) is 37.3 Å². The molecule has 0 saturated carbocycles. The average Bonchev–Trinajstić information content (AvgIpc) is 2.94. The zero-order valence-electron chi connectivity index (χ0n) is 23.0. The first-order valence-corrected chi connectivity index (χ1v) is 14.8. The molecule has 3 aromatic carbocycles. The van der Waals surface area contributed by atoms with Gasteiger partial charge >= 0.3 is 0 Å². The molecule has 1 N–H and O–H groups in total. The molecule has 0 bridgehead atoms. The summed E-state index contributed by atoms with van der Waals surface area (Å²) in [4.78, 5) is 28.8. The molecular weight excluding hydrogens is 554 g/mol. The van der Waals surface area contributed by atoms with Gasteiger partial charge in [-0.05, 0) is 42.3 Å². The second kappa shape index (κ2) is 14.0. The van der Waals surface area contributed by atoms with Gasteiger partial charge in [-0.2, -0.15) is 0 Å². The van der Waals surface area contributed by atoms with Crippen LogP contribution >= 0.6 is 11.6 Å². The number of nitrogens with zero attached hydrogens (tertiary/aromatic N) is 2. The number of ether oxygens (including phenoxy) is 2. The third-order valence-electron chi connectivity index (χ3n) is 6.22. The normalized spacial score (nSPS) is 11.8. The molecule has 11 heteroatoms. The van der Waals surface area contributed by atoms with Crippen molar-refractivity contribution >= 4 is 39.1 Å². The van der Waals surface area contributed by atoms with Gasteiger partial charge in [0.2, 0.25) is 21.8 Å². The van der Waals surface area contributed by atoms with Crippen LogP contribution in [0.2, 0.25) is 5.02 Å². The van der Waals surface area contributed by atoms with Crippen LogP contribution in [0.4, 0.5) is 5.69 Å². The maximum Gasteiger partial charge on any atom is 0.244 e. The largest absolute Gasteiger partial charge is 0.493 e. The van der Waals surface area contributed by atoms with E-state index >= 15 is 0 Å². The van der Waals surface area contributed by atoms with E-state index in [1.165, 1.54) is 31.3 Å². The number of carbonyl (C=O) groups is 2. The Bertz CT molecular complexity index is 1400. The van der Waals surface area contributed by atoms with Crippen molar-refractivity contribution in [2.24, 2.45) is 0 Å². The summed E-state index contributed by atoms with van der Waals surface area (Å²) in [5.74, 6) is -0.175. The minimum Gasteiger partial charge on any atom is -0.493 e. The lowest BCUT2D eigenvalue weighted by atomic mass is 10.0. The minimum absolute atomic E-state index is 0.0637. The quantitative estimate of drug-likeness (QED) is 0.325. The van der Waals surface area contributed by atoms with Crippen molar-refractivity contribution in [3.8, 4) is 11.5 Å². The van der Waals surface area contributed by atoms with E-state index in [-0.39, 0.29) is 24.6 Å². The lowest BCUT2D eigenvalue weighted by molar-refractivity contribution is -0.140. The Morgan fingerprint density at radius 3 is 2.15 bits per heavy atom. The van der Waals surface area contributed by atoms with Crippen molar-refractivity contribution in [2.45, 2.75) is 25.9 Å². The predicted octanol–water partition coefficient (Wildman–Crippen LogP) is 3.90. The summed E-state index contributed by atoms with van der Waals surface area (Å²) in [6.07, 6.45) is 1.26. The van der Waals surface area contributed by atoms with Crippen LogP contribution < -0.4 is 19.1 Å². The lowest BCUT2D eigenvalue weighted by Crippen LogP contribution is -2.53. The van der Waals surface area contributed by atoms with Crippen molar-refractivity contribution in [2.75, 3.05) is 37.9 Å². The molecule has 0 aliphatic rings. The van der Waals surface area contributed by atoms with Gasteiger partial charge in [0.15, 0.2) is 11.5 Å². The number of hydrogen-bond donors (Lipinski definition) is 1. The summed E-state index contributed by atoms with van der Waals surface area (Å²) in [7, 11) is -1.01. The summed E-state index contributed by atoms with van der Waals surface area (Å²) >= 11 is 6.07. The molecule has 0 aliphatic carbocycles. The number of amides is 2. The number of methoxy groups -OCH3 is 2.